The van der Waals surface area contributed by atoms with Crippen LogP contribution in [0, 0.1) is 0 Å². The van der Waals surface area contributed by atoms with Crippen molar-refractivity contribution in [1.82, 2.24) is 19.2 Å². The molecule has 30 heavy (non-hydrogen) atoms. The molecule has 2 aromatic carbocycles. The quantitative estimate of drug-likeness (QED) is 0.450. The Balaban J connectivity index is 1.57. The number of hydrogen-bond donors (Lipinski definition) is 0. The number of esters is 1. The van der Waals surface area contributed by atoms with Gasteiger partial charge in [-0.3, -0.25) is 18.6 Å². The predicted molar refractivity (Wildman–Crippen MR) is 109 cm³/mol. The maximum Gasteiger partial charge on any atom is 0.310 e. The number of carbonyl (C=O) groups excluding carboxylic acids is 1. The molecule has 0 atom stereocenters. The molecule has 0 bridgehead atoms. The third-order valence-electron chi connectivity index (χ3n) is 4.85. The van der Waals surface area contributed by atoms with Crippen LogP contribution in [0.15, 0.2) is 47.3 Å². The van der Waals surface area contributed by atoms with Crippen LogP contribution in [0.1, 0.15) is 11.4 Å². The van der Waals surface area contributed by atoms with E-state index in [9.17, 15) is 9.59 Å². The highest BCUT2D eigenvalue weighted by Crippen LogP contribution is 2.27. The van der Waals surface area contributed by atoms with E-state index in [-0.39, 0.29) is 18.6 Å². The van der Waals surface area contributed by atoms with Gasteiger partial charge in [0.05, 0.1) is 31.5 Å². The molecule has 0 spiro atoms. The molecular formula is C21H20N4O5. The van der Waals surface area contributed by atoms with Gasteiger partial charge in [-0.1, -0.05) is 18.2 Å². The summed E-state index contributed by atoms with van der Waals surface area (Å²) in [7, 11) is 4.72. The second-order valence-electron chi connectivity index (χ2n) is 6.66. The van der Waals surface area contributed by atoms with Gasteiger partial charge in [0.25, 0.3) is 5.56 Å². The molecule has 0 saturated carbocycles. The van der Waals surface area contributed by atoms with Gasteiger partial charge in [-0.05, 0) is 29.8 Å². The van der Waals surface area contributed by atoms with E-state index in [1.165, 1.54) is 11.7 Å². The number of aryl methyl sites for hydroxylation is 1. The first kappa shape index (κ1) is 19.4. The van der Waals surface area contributed by atoms with Gasteiger partial charge in [0.15, 0.2) is 23.9 Å². The number of fused-ring (bicyclic) bond motifs is 3. The minimum Gasteiger partial charge on any atom is -0.493 e. The van der Waals surface area contributed by atoms with Gasteiger partial charge in [0, 0.05) is 7.05 Å². The van der Waals surface area contributed by atoms with Crippen LogP contribution in [-0.4, -0.2) is 39.4 Å². The number of hydrogen-bond acceptors (Lipinski definition) is 7. The molecule has 0 N–H and O–H groups in total. The summed E-state index contributed by atoms with van der Waals surface area (Å²) in [6.45, 7) is -0.0739. The fourth-order valence-electron chi connectivity index (χ4n) is 3.34. The van der Waals surface area contributed by atoms with Crippen molar-refractivity contribution in [2.24, 2.45) is 7.05 Å². The van der Waals surface area contributed by atoms with Gasteiger partial charge in [-0.25, -0.2) is 0 Å². The Morgan fingerprint density at radius 1 is 1.03 bits per heavy atom. The molecule has 9 nitrogen and oxygen atoms in total. The topological polar surface area (TPSA) is 97.0 Å². The highest BCUT2D eigenvalue weighted by atomic mass is 16.5. The van der Waals surface area contributed by atoms with Gasteiger partial charge in [0.1, 0.15) is 0 Å². The molecule has 154 valence electrons. The minimum absolute atomic E-state index is 0.0658. The van der Waals surface area contributed by atoms with Crippen molar-refractivity contribution in [2.45, 2.75) is 13.0 Å². The summed E-state index contributed by atoms with van der Waals surface area (Å²) in [5, 5.41) is 8.74. The second kappa shape index (κ2) is 7.86. The highest BCUT2D eigenvalue weighted by molar-refractivity contribution is 5.80. The van der Waals surface area contributed by atoms with E-state index in [1.807, 2.05) is 12.1 Å². The van der Waals surface area contributed by atoms with Crippen LogP contribution in [0.3, 0.4) is 0 Å². The third-order valence-corrected chi connectivity index (χ3v) is 4.85. The van der Waals surface area contributed by atoms with Crippen molar-refractivity contribution in [1.29, 1.82) is 0 Å². The van der Waals surface area contributed by atoms with E-state index in [1.54, 1.807) is 48.9 Å². The summed E-state index contributed by atoms with van der Waals surface area (Å²) in [5.74, 6) is 1.51. The number of para-hydroxylation sites is 1. The molecule has 0 amide bonds. The van der Waals surface area contributed by atoms with Crippen LogP contribution in [0.2, 0.25) is 0 Å². The second-order valence-corrected chi connectivity index (χ2v) is 6.66. The van der Waals surface area contributed by atoms with Crippen molar-refractivity contribution < 1.29 is 19.0 Å². The molecule has 0 unspecified atom stereocenters. The van der Waals surface area contributed by atoms with E-state index >= 15 is 0 Å². The Labute approximate surface area is 171 Å². The van der Waals surface area contributed by atoms with Gasteiger partial charge in [-0.2, -0.15) is 0 Å². The summed E-state index contributed by atoms with van der Waals surface area (Å²) >= 11 is 0. The van der Waals surface area contributed by atoms with Crippen molar-refractivity contribution in [2.75, 3.05) is 14.2 Å². The zero-order valence-corrected chi connectivity index (χ0v) is 16.8. The molecule has 4 aromatic rings. The number of nitrogens with zero attached hydrogens (tertiary/aromatic N) is 4. The average Bonchev–Trinajstić information content (AvgIpc) is 3.20. The number of carbonyl (C=O) groups is 1. The largest absolute Gasteiger partial charge is 0.493 e. The number of rotatable bonds is 6. The van der Waals surface area contributed by atoms with Crippen LogP contribution in [-0.2, 0) is 29.6 Å². The molecule has 9 heteroatoms. The van der Waals surface area contributed by atoms with Crippen molar-refractivity contribution >= 4 is 22.6 Å². The number of benzene rings is 2. The lowest BCUT2D eigenvalue weighted by Gasteiger charge is -2.10. The summed E-state index contributed by atoms with van der Waals surface area (Å²) in [6.07, 6.45) is 0.0658. The molecule has 0 aliphatic heterocycles. The third kappa shape index (κ3) is 3.34. The number of ether oxygens (including phenoxy) is 3. The molecule has 0 aliphatic rings. The SMILES string of the molecule is COc1ccc(CC(=O)OCc2nnc3n(C)c(=O)c4ccccc4n23)cc1OC. The Hall–Kier alpha value is -3.88. The van der Waals surface area contributed by atoms with E-state index in [4.69, 9.17) is 14.2 Å². The number of aromatic nitrogens is 4. The molecule has 0 radical (unpaired) electrons. The first-order valence-electron chi connectivity index (χ1n) is 9.21. The maximum atomic E-state index is 12.5. The van der Waals surface area contributed by atoms with E-state index < -0.39 is 5.97 Å². The van der Waals surface area contributed by atoms with Gasteiger partial charge in [0.2, 0.25) is 5.78 Å². The lowest BCUT2D eigenvalue weighted by Crippen LogP contribution is -2.20. The zero-order chi connectivity index (χ0) is 21.3. The standard InChI is InChI=1S/C21H20N4O5/c1-24-20(27)14-6-4-5-7-15(14)25-18(22-23-21(24)25)12-30-19(26)11-13-8-9-16(28-2)17(10-13)29-3/h4-10H,11-12H2,1-3H3. The molecular weight excluding hydrogens is 388 g/mol. The van der Waals surface area contributed by atoms with Crippen LogP contribution >= 0.6 is 0 Å². The van der Waals surface area contributed by atoms with Crippen LogP contribution in [0.5, 0.6) is 11.5 Å². The summed E-state index contributed by atoms with van der Waals surface area (Å²) in [4.78, 5) is 24.9. The predicted octanol–water partition coefficient (Wildman–Crippen LogP) is 1.88. The lowest BCUT2D eigenvalue weighted by molar-refractivity contribution is -0.144. The monoisotopic (exact) mass is 408 g/mol. The van der Waals surface area contributed by atoms with E-state index in [2.05, 4.69) is 10.2 Å². The van der Waals surface area contributed by atoms with Crippen molar-refractivity contribution in [3.63, 3.8) is 0 Å². The molecule has 2 heterocycles. The first-order chi connectivity index (χ1) is 14.5. The Morgan fingerprint density at radius 3 is 2.57 bits per heavy atom. The van der Waals surface area contributed by atoms with Crippen LogP contribution < -0.4 is 15.0 Å². The molecule has 0 saturated heterocycles. The van der Waals surface area contributed by atoms with Gasteiger partial charge in [-0.15, -0.1) is 10.2 Å². The Morgan fingerprint density at radius 2 is 1.80 bits per heavy atom. The van der Waals surface area contributed by atoms with Crippen LogP contribution in [0.4, 0.5) is 0 Å². The normalized spacial score (nSPS) is 11.0. The Kier molecular flexibility index (Phi) is 5.09. The van der Waals surface area contributed by atoms with Gasteiger partial charge >= 0.3 is 5.97 Å². The summed E-state index contributed by atoms with van der Waals surface area (Å²) < 4.78 is 19.0. The highest BCUT2D eigenvalue weighted by Gasteiger charge is 2.16. The average molecular weight is 408 g/mol. The summed E-state index contributed by atoms with van der Waals surface area (Å²) in [6, 6.07) is 12.4. The maximum absolute atomic E-state index is 12.5. The zero-order valence-electron chi connectivity index (χ0n) is 16.8. The fraction of sp³-hybridized carbons (Fsp3) is 0.238. The van der Waals surface area contributed by atoms with Crippen LogP contribution in [0.25, 0.3) is 16.7 Å². The fourth-order valence-corrected chi connectivity index (χ4v) is 3.34. The Bertz CT molecular complexity index is 1310. The molecule has 2 aromatic heterocycles. The van der Waals surface area contributed by atoms with Crippen molar-refractivity contribution in [3.8, 4) is 11.5 Å². The minimum atomic E-state index is -0.423. The first-order valence-corrected chi connectivity index (χ1v) is 9.21. The summed E-state index contributed by atoms with van der Waals surface area (Å²) in [5.41, 5.74) is 1.23. The van der Waals surface area contributed by atoms with E-state index in [0.29, 0.717) is 34.0 Å². The van der Waals surface area contributed by atoms with E-state index in [0.717, 1.165) is 5.56 Å². The molecule has 4 rings (SSSR count). The molecule has 0 fully saturated rings. The van der Waals surface area contributed by atoms with Gasteiger partial charge < -0.3 is 14.2 Å². The smallest absolute Gasteiger partial charge is 0.310 e. The number of methoxy groups -OCH3 is 2. The lowest BCUT2D eigenvalue weighted by atomic mass is 10.1. The molecule has 0 aliphatic carbocycles. The van der Waals surface area contributed by atoms with Crippen molar-refractivity contribution in [3.05, 3.63) is 64.2 Å².